The second kappa shape index (κ2) is 3.68. The van der Waals surface area contributed by atoms with E-state index in [9.17, 15) is 4.39 Å². The van der Waals surface area contributed by atoms with Crippen molar-refractivity contribution in [2.45, 2.75) is 13.8 Å². The maximum Gasteiger partial charge on any atom is 0.168 e. The van der Waals surface area contributed by atoms with Gasteiger partial charge < -0.3 is 5.32 Å². The second-order valence-corrected chi connectivity index (χ2v) is 3.35. The van der Waals surface area contributed by atoms with Crippen LogP contribution in [-0.4, -0.2) is 15.2 Å². The highest BCUT2D eigenvalue weighted by Crippen LogP contribution is 2.18. The Morgan fingerprint density at radius 1 is 1.40 bits per heavy atom. The normalized spacial score (nSPS) is 10.3. The lowest BCUT2D eigenvalue weighted by molar-refractivity contribution is 0.617. The molecule has 5 heteroatoms. The van der Waals surface area contributed by atoms with Gasteiger partial charge in [-0.25, -0.2) is 9.37 Å². The molecule has 0 unspecified atom stereocenters. The zero-order valence-corrected chi connectivity index (χ0v) is 8.50. The SMILES string of the molecule is Cc1cc(Nc2nccc(C)c2F)n[nH]1. The molecule has 78 valence electrons. The minimum atomic E-state index is -0.349. The van der Waals surface area contributed by atoms with Gasteiger partial charge in [0.25, 0.3) is 0 Å². The summed E-state index contributed by atoms with van der Waals surface area (Å²) in [5.41, 5.74) is 1.46. The van der Waals surface area contributed by atoms with Crippen LogP contribution < -0.4 is 5.32 Å². The number of hydrogen-bond acceptors (Lipinski definition) is 3. The first-order chi connectivity index (χ1) is 7.16. The number of halogens is 1. The van der Waals surface area contributed by atoms with Crippen molar-refractivity contribution in [2.24, 2.45) is 0 Å². The van der Waals surface area contributed by atoms with Crippen LogP contribution in [0.5, 0.6) is 0 Å². The lowest BCUT2D eigenvalue weighted by Gasteiger charge is -2.04. The highest BCUT2D eigenvalue weighted by Gasteiger charge is 2.07. The average Bonchev–Trinajstić information content (AvgIpc) is 2.59. The second-order valence-electron chi connectivity index (χ2n) is 3.35. The van der Waals surface area contributed by atoms with Gasteiger partial charge in [-0.1, -0.05) is 0 Å². The zero-order valence-electron chi connectivity index (χ0n) is 8.50. The van der Waals surface area contributed by atoms with Crippen molar-refractivity contribution in [3.05, 3.63) is 35.4 Å². The quantitative estimate of drug-likeness (QED) is 0.792. The van der Waals surface area contributed by atoms with E-state index in [1.54, 1.807) is 25.3 Å². The van der Waals surface area contributed by atoms with Crippen molar-refractivity contribution in [3.63, 3.8) is 0 Å². The van der Waals surface area contributed by atoms with Gasteiger partial charge in [0.1, 0.15) is 0 Å². The topological polar surface area (TPSA) is 53.6 Å². The van der Waals surface area contributed by atoms with Crippen LogP contribution in [-0.2, 0) is 0 Å². The molecule has 2 heterocycles. The number of H-pyrrole nitrogens is 1. The van der Waals surface area contributed by atoms with Crippen LogP contribution >= 0.6 is 0 Å². The number of nitrogens with one attached hydrogen (secondary N) is 2. The summed E-state index contributed by atoms with van der Waals surface area (Å²) < 4.78 is 13.5. The van der Waals surface area contributed by atoms with Gasteiger partial charge in [-0.05, 0) is 25.5 Å². The minimum Gasteiger partial charge on any atom is -0.321 e. The van der Waals surface area contributed by atoms with Crippen LogP contribution in [0.4, 0.5) is 16.0 Å². The molecule has 4 nitrogen and oxygen atoms in total. The van der Waals surface area contributed by atoms with Gasteiger partial charge in [0.05, 0.1) is 0 Å². The largest absolute Gasteiger partial charge is 0.321 e. The van der Waals surface area contributed by atoms with Crippen molar-refractivity contribution >= 4 is 11.6 Å². The number of anilines is 2. The third-order valence-electron chi connectivity index (χ3n) is 2.03. The molecule has 0 amide bonds. The van der Waals surface area contributed by atoms with Gasteiger partial charge in [0.2, 0.25) is 0 Å². The highest BCUT2D eigenvalue weighted by atomic mass is 19.1. The van der Waals surface area contributed by atoms with E-state index < -0.39 is 0 Å². The van der Waals surface area contributed by atoms with Crippen LogP contribution in [0, 0.1) is 19.7 Å². The summed E-state index contributed by atoms with van der Waals surface area (Å²) in [4.78, 5) is 3.90. The van der Waals surface area contributed by atoms with Crippen LogP contribution in [0.25, 0.3) is 0 Å². The fraction of sp³-hybridized carbons (Fsp3) is 0.200. The number of hydrogen-bond donors (Lipinski definition) is 2. The summed E-state index contributed by atoms with van der Waals surface area (Å²) in [6.07, 6.45) is 1.56. The number of pyridine rings is 1. The summed E-state index contributed by atoms with van der Waals surface area (Å²) in [7, 11) is 0. The Balaban J connectivity index is 2.28. The molecule has 0 saturated carbocycles. The van der Waals surface area contributed by atoms with E-state index >= 15 is 0 Å². The fourth-order valence-corrected chi connectivity index (χ4v) is 1.23. The Labute approximate surface area is 86.6 Å². The number of aromatic nitrogens is 3. The molecule has 2 N–H and O–H groups in total. The molecule has 0 aliphatic carbocycles. The van der Waals surface area contributed by atoms with E-state index in [2.05, 4.69) is 20.5 Å². The molecule has 0 atom stereocenters. The van der Waals surface area contributed by atoms with Crippen molar-refractivity contribution in [1.29, 1.82) is 0 Å². The van der Waals surface area contributed by atoms with Crippen molar-refractivity contribution in [3.8, 4) is 0 Å². The lowest BCUT2D eigenvalue weighted by atomic mass is 10.3. The highest BCUT2D eigenvalue weighted by molar-refractivity contribution is 5.53. The Bertz CT molecular complexity index is 478. The summed E-state index contributed by atoms with van der Waals surface area (Å²) in [5.74, 6) is 0.407. The molecule has 0 saturated heterocycles. The summed E-state index contributed by atoms with van der Waals surface area (Å²) in [6.45, 7) is 3.57. The van der Waals surface area contributed by atoms with Crippen LogP contribution in [0.15, 0.2) is 18.3 Å². The summed E-state index contributed by atoms with van der Waals surface area (Å²) >= 11 is 0. The van der Waals surface area contributed by atoms with Crippen LogP contribution in [0.1, 0.15) is 11.3 Å². The Kier molecular flexibility index (Phi) is 2.37. The van der Waals surface area contributed by atoms with Gasteiger partial charge in [-0.3, -0.25) is 5.10 Å². The molecule has 0 spiro atoms. The van der Waals surface area contributed by atoms with Gasteiger partial charge in [0, 0.05) is 18.0 Å². The number of aryl methyl sites for hydroxylation is 2. The predicted molar refractivity (Wildman–Crippen MR) is 55.5 cm³/mol. The summed E-state index contributed by atoms with van der Waals surface area (Å²) in [5, 5.41) is 9.50. The summed E-state index contributed by atoms with van der Waals surface area (Å²) in [6, 6.07) is 3.40. The lowest BCUT2D eigenvalue weighted by Crippen LogP contribution is -1.98. The molecule has 2 aromatic heterocycles. The molecule has 0 aliphatic rings. The van der Waals surface area contributed by atoms with E-state index in [1.807, 2.05) is 6.92 Å². The van der Waals surface area contributed by atoms with Crippen LogP contribution in [0.2, 0.25) is 0 Å². The molecule has 15 heavy (non-hydrogen) atoms. The molecule has 0 aromatic carbocycles. The molecular weight excluding hydrogens is 195 g/mol. The van der Waals surface area contributed by atoms with E-state index in [1.165, 1.54) is 0 Å². The first-order valence-electron chi connectivity index (χ1n) is 4.57. The van der Waals surface area contributed by atoms with Gasteiger partial charge in [-0.15, -0.1) is 0 Å². The maximum absolute atomic E-state index is 13.5. The number of rotatable bonds is 2. The molecule has 2 rings (SSSR count). The molecular formula is C10H11FN4. The molecule has 0 radical (unpaired) electrons. The van der Waals surface area contributed by atoms with Gasteiger partial charge in [0.15, 0.2) is 17.5 Å². The van der Waals surface area contributed by atoms with Gasteiger partial charge in [-0.2, -0.15) is 5.10 Å². The Morgan fingerprint density at radius 3 is 2.87 bits per heavy atom. The first-order valence-corrected chi connectivity index (χ1v) is 4.57. The monoisotopic (exact) mass is 206 g/mol. The van der Waals surface area contributed by atoms with E-state index in [-0.39, 0.29) is 11.6 Å². The van der Waals surface area contributed by atoms with Crippen LogP contribution in [0.3, 0.4) is 0 Å². The number of nitrogens with zero attached hydrogens (tertiary/aromatic N) is 2. The van der Waals surface area contributed by atoms with E-state index in [4.69, 9.17) is 0 Å². The predicted octanol–water partition coefficient (Wildman–Crippen LogP) is 2.30. The van der Waals surface area contributed by atoms with Crippen molar-refractivity contribution in [2.75, 3.05) is 5.32 Å². The molecule has 0 fully saturated rings. The number of aromatic amines is 1. The Morgan fingerprint density at radius 2 is 2.20 bits per heavy atom. The van der Waals surface area contributed by atoms with Crippen molar-refractivity contribution in [1.82, 2.24) is 15.2 Å². The third-order valence-corrected chi connectivity index (χ3v) is 2.03. The Hall–Kier alpha value is -1.91. The molecule has 0 aliphatic heterocycles. The third kappa shape index (κ3) is 1.96. The fourth-order valence-electron chi connectivity index (χ4n) is 1.23. The standard InChI is InChI=1S/C10H11FN4/c1-6-3-4-12-10(9(6)11)13-8-5-7(2)14-15-8/h3-5H,1-2H3,(H2,12,13,14,15). The average molecular weight is 206 g/mol. The zero-order chi connectivity index (χ0) is 10.8. The smallest absolute Gasteiger partial charge is 0.168 e. The van der Waals surface area contributed by atoms with E-state index in [0.29, 0.717) is 11.4 Å². The molecule has 2 aromatic rings. The molecule has 0 bridgehead atoms. The van der Waals surface area contributed by atoms with E-state index in [0.717, 1.165) is 5.69 Å². The first kappa shape index (κ1) is 9.64. The minimum absolute atomic E-state index is 0.196. The van der Waals surface area contributed by atoms with Crippen molar-refractivity contribution < 1.29 is 4.39 Å². The maximum atomic E-state index is 13.5. The van der Waals surface area contributed by atoms with Gasteiger partial charge >= 0.3 is 0 Å².